The minimum Gasteiger partial charge on any atom is -0.493 e. The maximum atomic E-state index is 13.7. The van der Waals surface area contributed by atoms with E-state index in [1.165, 1.54) is 11.1 Å². The predicted molar refractivity (Wildman–Crippen MR) is 150 cm³/mol. The number of benzene rings is 3. The Labute approximate surface area is 220 Å². The van der Waals surface area contributed by atoms with Crippen molar-refractivity contribution in [3.05, 3.63) is 89.5 Å². The van der Waals surface area contributed by atoms with E-state index in [9.17, 15) is 9.59 Å². The Balaban J connectivity index is 1.47. The minimum atomic E-state index is -0.759. The van der Waals surface area contributed by atoms with E-state index in [0.717, 1.165) is 49.0 Å². The van der Waals surface area contributed by atoms with Crippen LogP contribution >= 0.6 is 0 Å². The molecule has 37 heavy (non-hydrogen) atoms. The number of nitrogens with zero attached hydrogens (tertiary/aromatic N) is 1. The number of unbranched alkanes of at least 4 members (excludes halogenated alkanes) is 2. The average molecular weight is 497 g/mol. The number of aryl methyl sites for hydroxylation is 1. The zero-order chi connectivity index (χ0) is 26.2. The van der Waals surface area contributed by atoms with Crippen molar-refractivity contribution in [1.82, 2.24) is 4.90 Å². The van der Waals surface area contributed by atoms with E-state index >= 15 is 0 Å². The number of carboxylic acid groups (broad SMARTS) is 1. The van der Waals surface area contributed by atoms with E-state index in [2.05, 4.69) is 51.2 Å². The molecule has 0 heterocycles. The number of carbonyl (C=O) groups is 2. The van der Waals surface area contributed by atoms with E-state index < -0.39 is 5.97 Å². The van der Waals surface area contributed by atoms with Crippen molar-refractivity contribution in [3.8, 4) is 16.9 Å². The fraction of sp³-hybridized carbons (Fsp3) is 0.355. The number of hydrogen-bond donors (Lipinski definition) is 1. The first kappa shape index (κ1) is 26.5. The van der Waals surface area contributed by atoms with Crippen LogP contribution in [0.5, 0.6) is 5.75 Å². The molecule has 1 amide bonds. The molecular weight excluding hydrogens is 461 g/mol. The first-order valence-corrected chi connectivity index (χ1v) is 13.4. The van der Waals surface area contributed by atoms with Gasteiger partial charge in [0, 0.05) is 29.5 Å². The van der Waals surface area contributed by atoms with Crippen LogP contribution in [0, 0.1) is 0 Å². The quantitative estimate of drug-likeness (QED) is 0.237. The van der Waals surface area contributed by atoms with Gasteiger partial charge in [0.1, 0.15) is 13.6 Å². The number of carboxylic acids is 1. The monoisotopic (exact) mass is 497 g/mol. The Hall–Kier alpha value is -3.54. The van der Waals surface area contributed by atoms with Crippen molar-refractivity contribution < 1.29 is 19.4 Å². The summed E-state index contributed by atoms with van der Waals surface area (Å²) in [7, 11) is 2.08. The summed E-state index contributed by atoms with van der Waals surface area (Å²) in [5.41, 5.74) is 5.34. The van der Waals surface area contributed by atoms with Gasteiger partial charge < -0.3 is 14.7 Å². The molecule has 6 heteroatoms. The third kappa shape index (κ3) is 6.82. The molecule has 3 aromatic rings. The van der Waals surface area contributed by atoms with E-state index in [1.807, 2.05) is 41.3 Å². The van der Waals surface area contributed by atoms with Crippen LogP contribution in [-0.2, 0) is 11.2 Å². The van der Waals surface area contributed by atoms with Crippen molar-refractivity contribution >= 4 is 19.7 Å². The van der Waals surface area contributed by atoms with Crippen molar-refractivity contribution in [1.29, 1.82) is 0 Å². The zero-order valence-electron chi connectivity index (χ0n) is 21.9. The first-order valence-electron chi connectivity index (χ1n) is 13.4. The summed E-state index contributed by atoms with van der Waals surface area (Å²) < 4.78 is 6.10. The standard InChI is InChI=1S/C31H36BNO4/c1-2-22-10-5-6-11-26(22)23-15-17-24(18-16-23)31(36)33(25-19-20-25)30(32)27-12-7-8-13-28(27)37-21-9-3-4-14-29(34)35/h5-8,10-13,15-18,25,30H,2-4,9,14,19-21,32H2,1H3,(H,34,35). The van der Waals surface area contributed by atoms with Crippen LogP contribution in [0.4, 0.5) is 0 Å². The molecule has 0 bridgehead atoms. The Morgan fingerprint density at radius 1 is 0.973 bits per heavy atom. The summed E-state index contributed by atoms with van der Waals surface area (Å²) in [6, 6.07) is 24.6. The zero-order valence-corrected chi connectivity index (χ0v) is 21.9. The lowest BCUT2D eigenvalue weighted by atomic mass is 9.86. The molecule has 1 atom stereocenters. The number of ether oxygens (including phenoxy) is 1. The highest BCUT2D eigenvalue weighted by Crippen LogP contribution is 2.37. The highest BCUT2D eigenvalue weighted by atomic mass is 16.5. The number of rotatable bonds is 13. The molecular formula is C31H36BNO4. The van der Waals surface area contributed by atoms with Gasteiger partial charge in [-0.05, 0) is 73.4 Å². The van der Waals surface area contributed by atoms with Crippen molar-refractivity contribution in [3.63, 3.8) is 0 Å². The molecule has 1 aliphatic carbocycles. The molecule has 1 aliphatic rings. The van der Waals surface area contributed by atoms with Crippen LogP contribution in [0.1, 0.15) is 72.9 Å². The Morgan fingerprint density at radius 3 is 2.38 bits per heavy atom. The van der Waals surface area contributed by atoms with Gasteiger partial charge in [-0.2, -0.15) is 0 Å². The van der Waals surface area contributed by atoms with Crippen molar-refractivity contribution in [2.24, 2.45) is 0 Å². The third-order valence-corrected chi connectivity index (χ3v) is 7.09. The maximum Gasteiger partial charge on any atom is 0.303 e. The van der Waals surface area contributed by atoms with E-state index in [4.69, 9.17) is 9.84 Å². The number of aliphatic carboxylic acids is 1. The van der Waals surface area contributed by atoms with Crippen LogP contribution < -0.4 is 4.74 Å². The Kier molecular flexibility index (Phi) is 9.05. The molecule has 5 nitrogen and oxygen atoms in total. The molecule has 0 aliphatic heterocycles. The molecule has 1 saturated carbocycles. The molecule has 1 N–H and O–H groups in total. The van der Waals surface area contributed by atoms with Gasteiger partial charge in [0.2, 0.25) is 0 Å². The minimum absolute atomic E-state index is 0.0498. The Morgan fingerprint density at radius 2 is 1.68 bits per heavy atom. The first-order chi connectivity index (χ1) is 18.0. The van der Waals surface area contributed by atoms with Gasteiger partial charge in [0.15, 0.2) is 0 Å². The van der Waals surface area contributed by atoms with Gasteiger partial charge in [0.25, 0.3) is 5.91 Å². The summed E-state index contributed by atoms with van der Waals surface area (Å²) in [6.45, 7) is 2.69. The number of carbonyl (C=O) groups excluding carboxylic acids is 1. The van der Waals surface area contributed by atoms with E-state index in [-0.39, 0.29) is 24.3 Å². The molecule has 1 unspecified atom stereocenters. The maximum absolute atomic E-state index is 13.7. The second-order valence-corrected chi connectivity index (χ2v) is 9.80. The number of para-hydroxylation sites is 1. The van der Waals surface area contributed by atoms with Crippen molar-refractivity contribution in [2.75, 3.05) is 6.61 Å². The fourth-order valence-electron chi connectivity index (χ4n) is 4.91. The summed E-state index contributed by atoms with van der Waals surface area (Å²) in [5.74, 6) is -0.0407. The lowest BCUT2D eigenvalue weighted by molar-refractivity contribution is -0.137. The van der Waals surface area contributed by atoms with E-state index in [1.54, 1.807) is 0 Å². The van der Waals surface area contributed by atoms with Gasteiger partial charge in [-0.25, -0.2) is 0 Å². The normalized spacial score (nSPS) is 13.6. The van der Waals surface area contributed by atoms with Crippen LogP contribution in [0.3, 0.4) is 0 Å². The average Bonchev–Trinajstić information content (AvgIpc) is 3.76. The molecule has 3 aromatic carbocycles. The lowest BCUT2D eigenvalue weighted by Crippen LogP contribution is -2.37. The largest absolute Gasteiger partial charge is 0.493 e. The highest BCUT2D eigenvalue weighted by molar-refractivity contribution is 6.14. The molecule has 192 valence electrons. The number of amides is 1. The topological polar surface area (TPSA) is 66.8 Å². The summed E-state index contributed by atoms with van der Waals surface area (Å²) in [4.78, 5) is 26.5. The van der Waals surface area contributed by atoms with Crippen LogP contribution in [0.2, 0.25) is 0 Å². The predicted octanol–water partition coefficient (Wildman–Crippen LogP) is 5.88. The van der Waals surface area contributed by atoms with Crippen LogP contribution in [-0.4, -0.2) is 42.4 Å². The molecule has 0 aromatic heterocycles. The summed E-state index contributed by atoms with van der Waals surface area (Å²) >= 11 is 0. The van der Waals surface area contributed by atoms with Gasteiger partial charge >= 0.3 is 5.97 Å². The fourth-order valence-corrected chi connectivity index (χ4v) is 4.91. The van der Waals surface area contributed by atoms with E-state index in [0.29, 0.717) is 18.6 Å². The molecule has 1 fully saturated rings. The van der Waals surface area contributed by atoms with Gasteiger partial charge in [-0.1, -0.05) is 61.5 Å². The lowest BCUT2D eigenvalue weighted by Gasteiger charge is -2.31. The van der Waals surface area contributed by atoms with Crippen molar-refractivity contribution in [2.45, 2.75) is 63.9 Å². The molecule has 0 radical (unpaired) electrons. The van der Waals surface area contributed by atoms with Crippen LogP contribution in [0.25, 0.3) is 11.1 Å². The molecule has 4 rings (SSSR count). The second-order valence-electron chi connectivity index (χ2n) is 9.80. The van der Waals surface area contributed by atoms with Crippen LogP contribution in [0.15, 0.2) is 72.8 Å². The highest BCUT2D eigenvalue weighted by Gasteiger charge is 2.37. The SMILES string of the molecule is BC(c1ccccc1OCCCCCC(=O)O)N(C(=O)c1ccc(-c2ccccc2CC)cc1)C1CC1. The van der Waals surface area contributed by atoms with Gasteiger partial charge in [-0.15, -0.1) is 0 Å². The third-order valence-electron chi connectivity index (χ3n) is 7.09. The molecule has 0 spiro atoms. The van der Waals surface area contributed by atoms with Gasteiger partial charge in [-0.3, -0.25) is 9.59 Å². The van der Waals surface area contributed by atoms with Gasteiger partial charge in [0.05, 0.1) is 6.61 Å². The second kappa shape index (κ2) is 12.6. The smallest absolute Gasteiger partial charge is 0.303 e. The summed E-state index contributed by atoms with van der Waals surface area (Å²) in [6.07, 6.45) is 5.47. The summed E-state index contributed by atoms with van der Waals surface area (Å²) in [5, 5.41) is 8.80. The Bertz CT molecular complexity index is 1210. The molecule has 0 saturated heterocycles. The number of hydrogen-bond acceptors (Lipinski definition) is 3.